The second-order valence-electron chi connectivity index (χ2n) is 9.93. The van der Waals surface area contributed by atoms with E-state index in [0.717, 1.165) is 60.6 Å². The third-order valence-corrected chi connectivity index (χ3v) is 6.31. The lowest BCUT2D eigenvalue weighted by Crippen LogP contribution is -2.38. The maximum Gasteiger partial charge on any atom is 0.258 e. The molecule has 3 aromatic rings. The average molecular weight is 493 g/mol. The van der Waals surface area contributed by atoms with Crippen molar-refractivity contribution in [1.82, 2.24) is 20.1 Å². The van der Waals surface area contributed by atoms with Gasteiger partial charge in [0.1, 0.15) is 18.2 Å². The predicted octanol–water partition coefficient (Wildman–Crippen LogP) is 3.02. The van der Waals surface area contributed by atoms with Crippen molar-refractivity contribution in [2.45, 2.75) is 26.2 Å². The minimum absolute atomic E-state index is 0.133. The van der Waals surface area contributed by atoms with Crippen LogP contribution in [0.1, 0.15) is 32.0 Å². The molecule has 36 heavy (non-hydrogen) atoms. The number of benzene rings is 2. The largest absolute Gasteiger partial charge is 0.492 e. The standard InChI is InChI=1S/C27H36N6O3/c1-27(2,3)24-17-25(32(4)31-24)30-26(34)22(18-29-28)20-9-10-23(21-8-6-5-7-19(20)21)36-16-13-33-11-14-35-15-12-33/h5-10,17-18,29H,11-16,28H2,1-4H3,(H,30,34)/b22-18-. The van der Waals surface area contributed by atoms with Gasteiger partial charge in [0.2, 0.25) is 0 Å². The van der Waals surface area contributed by atoms with Crippen molar-refractivity contribution in [2.24, 2.45) is 12.9 Å². The summed E-state index contributed by atoms with van der Waals surface area (Å²) in [6, 6.07) is 13.6. The molecule has 1 aromatic heterocycles. The molecular formula is C27H36N6O3. The lowest BCUT2D eigenvalue weighted by Gasteiger charge is -2.26. The van der Waals surface area contributed by atoms with E-state index in [9.17, 15) is 4.79 Å². The monoisotopic (exact) mass is 492 g/mol. The Labute approximate surface area is 212 Å². The Kier molecular flexibility index (Phi) is 7.93. The van der Waals surface area contributed by atoms with Crippen LogP contribution in [0.5, 0.6) is 5.75 Å². The molecule has 1 aliphatic rings. The second kappa shape index (κ2) is 11.1. The number of hydrogen-bond acceptors (Lipinski definition) is 7. The summed E-state index contributed by atoms with van der Waals surface area (Å²) in [5, 5.41) is 9.37. The van der Waals surface area contributed by atoms with E-state index in [1.807, 2.05) is 49.5 Å². The Bertz CT molecular complexity index is 1240. The summed E-state index contributed by atoms with van der Waals surface area (Å²) in [5.41, 5.74) is 4.46. The number of hydrazine groups is 1. The molecule has 0 saturated carbocycles. The molecule has 0 bridgehead atoms. The highest BCUT2D eigenvalue weighted by Crippen LogP contribution is 2.33. The van der Waals surface area contributed by atoms with Gasteiger partial charge in [-0.05, 0) is 23.1 Å². The lowest BCUT2D eigenvalue weighted by molar-refractivity contribution is -0.111. The summed E-state index contributed by atoms with van der Waals surface area (Å²) in [7, 11) is 1.81. The molecule has 4 N–H and O–H groups in total. The van der Waals surface area contributed by atoms with Gasteiger partial charge >= 0.3 is 0 Å². The van der Waals surface area contributed by atoms with Gasteiger partial charge < -0.3 is 20.2 Å². The Hall–Kier alpha value is -3.40. The number of rotatable bonds is 8. The molecule has 1 aliphatic heterocycles. The fourth-order valence-electron chi connectivity index (χ4n) is 4.22. The molecule has 0 unspecified atom stereocenters. The van der Waals surface area contributed by atoms with Crippen LogP contribution < -0.4 is 21.3 Å². The molecule has 0 spiro atoms. The maximum absolute atomic E-state index is 13.4. The number of aryl methyl sites for hydroxylation is 1. The smallest absolute Gasteiger partial charge is 0.258 e. The number of anilines is 1. The van der Waals surface area contributed by atoms with Gasteiger partial charge in [-0.25, -0.2) is 0 Å². The fraction of sp³-hybridized carbons (Fsp3) is 0.407. The lowest BCUT2D eigenvalue weighted by atomic mass is 9.92. The Balaban J connectivity index is 1.58. The second-order valence-corrected chi connectivity index (χ2v) is 9.93. The van der Waals surface area contributed by atoms with Crippen molar-refractivity contribution >= 4 is 28.1 Å². The summed E-state index contributed by atoms with van der Waals surface area (Å²) >= 11 is 0. The Morgan fingerprint density at radius 2 is 1.89 bits per heavy atom. The number of carbonyl (C=O) groups excluding carboxylic acids is 1. The summed E-state index contributed by atoms with van der Waals surface area (Å²) in [4.78, 5) is 15.8. The molecule has 9 heteroatoms. The first-order chi connectivity index (χ1) is 17.3. The van der Waals surface area contributed by atoms with Crippen molar-refractivity contribution < 1.29 is 14.3 Å². The molecule has 2 aromatic carbocycles. The fourth-order valence-corrected chi connectivity index (χ4v) is 4.22. The Morgan fingerprint density at radius 3 is 2.56 bits per heavy atom. The first-order valence-corrected chi connectivity index (χ1v) is 12.2. The van der Waals surface area contributed by atoms with Crippen molar-refractivity contribution in [1.29, 1.82) is 0 Å². The molecule has 1 amide bonds. The van der Waals surface area contributed by atoms with Gasteiger partial charge in [-0.15, -0.1) is 0 Å². The first kappa shape index (κ1) is 25.7. The number of fused-ring (bicyclic) bond motifs is 1. The van der Waals surface area contributed by atoms with E-state index in [2.05, 4.69) is 41.5 Å². The van der Waals surface area contributed by atoms with Crippen LogP contribution in [0.25, 0.3) is 16.3 Å². The van der Waals surface area contributed by atoms with Gasteiger partial charge in [0.05, 0.1) is 24.5 Å². The molecule has 9 nitrogen and oxygen atoms in total. The molecule has 1 fully saturated rings. The number of nitrogens with two attached hydrogens (primary N) is 1. The topological polar surface area (TPSA) is 107 Å². The zero-order valence-electron chi connectivity index (χ0n) is 21.5. The van der Waals surface area contributed by atoms with E-state index in [1.54, 1.807) is 4.68 Å². The van der Waals surface area contributed by atoms with Crippen LogP contribution in [0.15, 0.2) is 48.7 Å². The van der Waals surface area contributed by atoms with Gasteiger partial charge in [-0.3, -0.25) is 20.2 Å². The van der Waals surface area contributed by atoms with Crippen LogP contribution in [0.4, 0.5) is 5.82 Å². The summed E-state index contributed by atoms with van der Waals surface area (Å²) in [6.45, 7) is 11.0. The highest BCUT2D eigenvalue weighted by atomic mass is 16.5. The van der Waals surface area contributed by atoms with Crippen molar-refractivity contribution in [2.75, 3.05) is 44.8 Å². The van der Waals surface area contributed by atoms with E-state index in [0.29, 0.717) is 18.0 Å². The minimum Gasteiger partial charge on any atom is -0.492 e. The van der Waals surface area contributed by atoms with E-state index < -0.39 is 0 Å². The van der Waals surface area contributed by atoms with Crippen LogP contribution in [-0.2, 0) is 22.0 Å². The van der Waals surface area contributed by atoms with Gasteiger partial charge in [0.25, 0.3) is 5.91 Å². The minimum atomic E-state index is -0.289. The van der Waals surface area contributed by atoms with E-state index in [-0.39, 0.29) is 11.3 Å². The number of amides is 1. The van der Waals surface area contributed by atoms with E-state index in [4.69, 9.17) is 15.3 Å². The molecule has 4 rings (SSSR count). The molecular weight excluding hydrogens is 456 g/mol. The van der Waals surface area contributed by atoms with Gasteiger partial charge in [-0.2, -0.15) is 5.10 Å². The zero-order chi connectivity index (χ0) is 25.7. The van der Waals surface area contributed by atoms with Crippen LogP contribution in [-0.4, -0.2) is 60.0 Å². The van der Waals surface area contributed by atoms with Gasteiger partial charge in [-0.1, -0.05) is 45.0 Å². The average Bonchev–Trinajstić information content (AvgIpc) is 3.24. The van der Waals surface area contributed by atoms with Crippen LogP contribution in [0, 0.1) is 0 Å². The number of nitrogens with zero attached hydrogens (tertiary/aromatic N) is 3. The van der Waals surface area contributed by atoms with Gasteiger partial charge in [0, 0.05) is 49.7 Å². The number of hydrogen-bond donors (Lipinski definition) is 3. The molecule has 0 radical (unpaired) electrons. The molecule has 192 valence electrons. The van der Waals surface area contributed by atoms with Crippen molar-refractivity contribution in [3.05, 3.63) is 59.9 Å². The van der Waals surface area contributed by atoms with Gasteiger partial charge in [0.15, 0.2) is 0 Å². The maximum atomic E-state index is 13.4. The zero-order valence-corrected chi connectivity index (χ0v) is 21.5. The highest BCUT2D eigenvalue weighted by Gasteiger charge is 2.22. The van der Waals surface area contributed by atoms with Crippen LogP contribution >= 0.6 is 0 Å². The van der Waals surface area contributed by atoms with Crippen molar-refractivity contribution in [3.63, 3.8) is 0 Å². The number of carbonyl (C=O) groups is 1. The summed E-state index contributed by atoms with van der Waals surface area (Å²) < 4.78 is 13.3. The third-order valence-electron chi connectivity index (χ3n) is 6.31. The first-order valence-electron chi connectivity index (χ1n) is 12.2. The van der Waals surface area contributed by atoms with E-state index >= 15 is 0 Å². The van der Waals surface area contributed by atoms with Crippen molar-refractivity contribution in [3.8, 4) is 5.75 Å². The number of nitrogens with one attached hydrogen (secondary N) is 2. The van der Waals surface area contributed by atoms with Crippen LogP contribution in [0.3, 0.4) is 0 Å². The summed E-state index contributed by atoms with van der Waals surface area (Å²) in [5.74, 6) is 6.74. The number of morpholine rings is 1. The molecule has 0 atom stereocenters. The molecule has 2 heterocycles. The quantitative estimate of drug-likeness (QED) is 0.252. The van der Waals surface area contributed by atoms with Crippen LogP contribution in [0.2, 0.25) is 0 Å². The summed E-state index contributed by atoms with van der Waals surface area (Å²) in [6.07, 6.45) is 1.51. The molecule has 0 aliphatic carbocycles. The molecule has 1 saturated heterocycles. The highest BCUT2D eigenvalue weighted by molar-refractivity contribution is 6.27. The third kappa shape index (κ3) is 5.87. The Morgan fingerprint density at radius 1 is 1.17 bits per heavy atom. The number of aromatic nitrogens is 2. The normalized spacial score (nSPS) is 15.2. The van der Waals surface area contributed by atoms with E-state index in [1.165, 1.54) is 6.20 Å². The predicted molar refractivity (Wildman–Crippen MR) is 143 cm³/mol. The number of ether oxygens (including phenoxy) is 2. The SMILES string of the molecule is Cn1nc(C(C)(C)C)cc1NC(=O)/C(=C\NN)c1ccc(OCCN2CCOCC2)c2ccccc12.